The van der Waals surface area contributed by atoms with Crippen molar-refractivity contribution < 1.29 is 23.9 Å². The van der Waals surface area contributed by atoms with Crippen LogP contribution < -0.4 is 0 Å². The van der Waals surface area contributed by atoms with Gasteiger partial charge < -0.3 is 14.4 Å². The number of esters is 1. The first-order chi connectivity index (χ1) is 9.39. The average Bonchev–Trinajstić information content (AvgIpc) is 2.23. The molecule has 0 saturated carbocycles. The van der Waals surface area contributed by atoms with Gasteiger partial charge in [-0.05, 0) is 48.0 Å². The summed E-state index contributed by atoms with van der Waals surface area (Å²) < 4.78 is 10.4. The molecule has 0 radical (unpaired) electrons. The number of nitrogens with zero attached hydrogens (tertiary/aromatic N) is 1. The number of Topliss-reactive ketones (excluding diaryl/α,β-unsaturated/α-hetero) is 1. The summed E-state index contributed by atoms with van der Waals surface area (Å²) in [5.74, 6) is -1.61. The number of amides is 1. The van der Waals surface area contributed by atoms with E-state index in [2.05, 4.69) is 0 Å². The summed E-state index contributed by atoms with van der Waals surface area (Å²) >= 11 is 0. The van der Waals surface area contributed by atoms with Crippen molar-refractivity contribution in [1.29, 1.82) is 0 Å². The standard InChI is InChI=1S/C15H25NO5.ClH/c1-14(2,3)20-12(18)10-7-8-16(9-11(10)17)13(19)21-15(4,5)6;/h10H,7-9H2,1-6H3;1H. The predicted octanol–water partition coefficient (Wildman–Crippen LogP) is 2.58. The van der Waals surface area contributed by atoms with Crippen LogP contribution in [0.5, 0.6) is 0 Å². The Morgan fingerprint density at radius 2 is 1.55 bits per heavy atom. The largest absolute Gasteiger partial charge is 0.459 e. The van der Waals surface area contributed by atoms with Crippen LogP contribution in [0.1, 0.15) is 48.0 Å². The number of hydrogen-bond donors (Lipinski definition) is 0. The molecule has 1 unspecified atom stereocenters. The minimum Gasteiger partial charge on any atom is -0.459 e. The highest BCUT2D eigenvalue weighted by Gasteiger charge is 2.37. The number of piperidine rings is 1. The third-order valence-electron chi connectivity index (χ3n) is 2.77. The van der Waals surface area contributed by atoms with E-state index in [1.807, 2.05) is 0 Å². The molecule has 1 saturated heterocycles. The first-order valence-electron chi connectivity index (χ1n) is 7.12. The zero-order chi connectivity index (χ0) is 16.4. The molecule has 0 spiro atoms. The Bertz CT molecular complexity index is 436. The minimum atomic E-state index is -0.789. The zero-order valence-electron chi connectivity index (χ0n) is 14.1. The van der Waals surface area contributed by atoms with Gasteiger partial charge in [-0.3, -0.25) is 9.59 Å². The summed E-state index contributed by atoms with van der Waals surface area (Å²) in [6.45, 7) is 10.8. The molecule has 0 N–H and O–H groups in total. The Morgan fingerprint density at radius 3 is 1.95 bits per heavy atom. The summed E-state index contributed by atoms with van der Waals surface area (Å²) in [5.41, 5.74) is -1.23. The number of likely N-dealkylation sites (tertiary alicyclic amines) is 1. The number of carbonyl (C=O) groups excluding carboxylic acids is 3. The van der Waals surface area contributed by atoms with E-state index >= 15 is 0 Å². The smallest absolute Gasteiger partial charge is 0.410 e. The molecule has 0 bridgehead atoms. The lowest BCUT2D eigenvalue weighted by molar-refractivity contribution is -0.163. The number of ether oxygens (including phenoxy) is 2. The highest BCUT2D eigenvalue weighted by molar-refractivity contribution is 6.01. The molecular formula is C15H26ClNO5. The average molecular weight is 336 g/mol. The molecule has 0 aromatic rings. The van der Waals surface area contributed by atoms with E-state index in [9.17, 15) is 14.4 Å². The van der Waals surface area contributed by atoms with Gasteiger partial charge in [0.25, 0.3) is 0 Å². The van der Waals surface area contributed by atoms with Crippen molar-refractivity contribution in [1.82, 2.24) is 4.90 Å². The maximum atomic E-state index is 12.1. The Kier molecular flexibility index (Phi) is 6.88. The fraction of sp³-hybridized carbons (Fsp3) is 0.800. The van der Waals surface area contributed by atoms with E-state index in [-0.39, 0.29) is 31.2 Å². The molecule has 128 valence electrons. The number of halogens is 1. The van der Waals surface area contributed by atoms with E-state index in [1.54, 1.807) is 41.5 Å². The van der Waals surface area contributed by atoms with Gasteiger partial charge in [-0.2, -0.15) is 0 Å². The molecule has 0 aliphatic carbocycles. The summed E-state index contributed by atoms with van der Waals surface area (Å²) in [5, 5.41) is 0. The molecule has 1 atom stereocenters. The number of rotatable bonds is 1. The first kappa shape index (κ1) is 20.7. The first-order valence-corrected chi connectivity index (χ1v) is 7.12. The molecule has 1 aliphatic rings. The molecule has 1 rings (SSSR count). The normalized spacial score (nSPS) is 19.3. The van der Waals surface area contributed by atoms with E-state index in [4.69, 9.17) is 9.47 Å². The fourth-order valence-corrected chi connectivity index (χ4v) is 1.93. The topological polar surface area (TPSA) is 72.9 Å². The quantitative estimate of drug-likeness (QED) is 0.544. The summed E-state index contributed by atoms with van der Waals surface area (Å²) in [4.78, 5) is 37.2. The van der Waals surface area contributed by atoms with Gasteiger partial charge in [-0.1, -0.05) is 0 Å². The molecular weight excluding hydrogens is 310 g/mol. The molecule has 1 amide bonds. The van der Waals surface area contributed by atoms with Crippen molar-refractivity contribution in [2.24, 2.45) is 5.92 Å². The van der Waals surface area contributed by atoms with Gasteiger partial charge in [0.15, 0.2) is 5.78 Å². The van der Waals surface area contributed by atoms with Crippen LogP contribution in [-0.4, -0.2) is 47.0 Å². The second-order valence-electron chi connectivity index (χ2n) is 7.24. The van der Waals surface area contributed by atoms with Crippen molar-refractivity contribution in [3.63, 3.8) is 0 Å². The van der Waals surface area contributed by atoms with Crippen LogP contribution in [0, 0.1) is 5.92 Å². The Balaban J connectivity index is 0.00000441. The van der Waals surface area contributed by atoms with E-state index in [1.165, 1.54) is 4.90 Å². The van der Waals surface area contributed by atoms with Gasteiger partial charge in [-0.15, -0.1) is 12.4 Å². The molecule has 7 heteroatoms. The fourth-order valence-electron chi connectivity index (χ4n) is 1.93. The highest BCUT2D eigenvalue weighted by atomic mass is 35.5. The maximum Gasteiger partial charge on any atom is 0.410 e. The maximum absolute atomic E-state index is 12.1. The zero-order valence-corrected chi connectivity index (χ0v) is 14.9. The molecule has 1 heterocycles. The molecule has 0 aromatic carbocycles. The Hall–Kier alpha value is -1.30. The highest BCUT2D eigenvalue weighted by Crippen LogP contribution is 2.20. The lowest BCUT2D eigenvalue weighted by atomic mass is 9.95. The van der Waals surface area contributed by atoms with Crippen molar-refractivity contribution in [2.45, 2.75) is 59.2 Å². The van der Waals surface area contributed by atoms with Crippen molar-refractivity contribution in [3.8, 4) is 0 Å². The summed E-state index contributed by atoms with van der Waals surface area (Å²) in [6, 6.07) is 0. The van der Waals surface area contributed by atoms with Gasteiger partial charge in [0.05, 0.1) is 6.54 Å². The number of hydrogen-bond acceptors (Lipinski definition) is 5. The van der Waals surface area contributed by atoms with Gasteiger partial charge in [-0.25, -0.2) is 4.79 Å². The van der Waals surface area contributed by atoms with Gasteiger partial charge >= 0.3 is 12.1 Å². The molecule has 1 fully saturated rings. The van der Waals surface area contributed by atoms with Crippen molar-refractivity contribution in [2.75, 3.05) is 13.1 Å². The van der Waals surface area contributed by atoms with Crippen LogP contribution in [0.4, 0.5) is 4.79 Å². The Labute approximate surface area is 137 Å². The van der Waals surface area contributed by atoms with Crippen LogP contribution in [0.25, 0.3) is 0 Å². The molecule has 0 aromatic heterocycles. The third-order valence-corrected chi connectivity index (χ3v) is 2.77. The van der Waals surface area contributed by atoms with E-state index < -0.39 is 29.2 Å². The molecule has 22 heavy (non-hydrogen) atoms. The van der Waals surface area contributed by atoms with E-state index in [0.29, 0.717) is 6.54 Å². The van der Waals surface area contributed by atoms with Crippen LogP contribution in [0.2, 0.25) is 0 Å². The van der Waals surface area contributed by atoms with Crippen LogP contribution in [0.3, 0.4) is 0 Å². The van der Waals surface area contributed by atoms with Crippen molar-refractivity contribution in [3.05, 3.63) is 0 Å². The minimum absolute atomic E-state index is 0. The van der Waals surface area contributed by atoms with Crippen LogP contribution in [0.15, 0.2) is 0 Å². The Morgan fingerprint density at radius 1 is 1.05 bits per heavy atom. The molecule has 6 nitrogen and oxygen atoms in total. The predicted molar refractivity (Wildman–Crippen MR) is 84.0 cm³/mol. The number of ketones is 1. The second-order valence-corrected chi connectivity index (χ2v) is 7.24. The van der Waals surface area contributed by atoms with Crippen molar-refractivity contribution >= 4 is 30.3 Å². The van der Waals surface area contributed by atoms with Crippen LogP contribution >= 0.6 is 12.4 Å². The number of carbonyl (C=O) groups is 3. The lowest BCUT2D eigenvalue weighted by Gasteiger charge is -2.32. The SMILES string of the molecule is CC(C)(C)OC(=O)C1CCN(C(=O)OC(C)(C)C)CC1=O.Cl. The third kappa shape index (κ3) is 6.64. The van der Waals surface area contributed by atoms with Crippen LogP contribution in [-0.2, 0) is 19.1 Å². The molecule has 1 aliphatic heterocycles. The van der Waals surface area contributed by atoms with E-state index in [0.717, 1.165) is 0 Å². The lowest BCUT2D eigenvalue weighted by Crippen LogP contribution is -2.48. The monoisotopic (exact) mass is 335 g/mol. The van der Waals surface area contributed by atoms with Gasteiger partial charge in [0.1, 0.15) is 17.1 Å². The van der Waals surface area contributed by atoms with Gasteiger partial charge in [0.2, 0.25) is 0 Å². The summed E-state index contributed by atoms with van der Waals surface area (Å²) in [7, 11) is 0. The second kappa shape index (κ2) is 7.31. The van der Waals surface area contributed by atoms with Gasteiger partial charge in [0, 0.05) is 6.54 Å². The summed E-state index contributed by atoms with van der Waals surface area (Å²) in [6.07, 6.45) is -0.258.